The van der Waals surface area contributed by atoms with E-state index in [9.17, 15) is 18.0 Å². The van der Waals surface area contributed by atoms with Crippen molar-refractivity contribution in [3.63, 3.8) is 0 Å². The van der Waals surface area contributed by atoms with Crippen molar-refractivity contribution < 1.29 is 27.4 Å². The molecule has 0 saturated heterocycles. The monoisotopic (exact) mass is 288 g/mol. The number of esters is 1. The molecule has 0 radical (unpaired) electrons. The predicted octanol–water partition coefficient (Wildman–Crippen LogP) is 3.26. The van der Waals surface area contributed by atoms with E-state index in [1.165, 1.54) is 6.92 Å². The molecule has 0 aromatic heterocycles. The average Bonchev–Trinajstić information content (AvgIpc) is 2.38. The lowest BCUT2D eigenvalue weighted by molar-refractivity contribution is -0.138. The molecule has 0 aliphatic rings. The molecule has 0 heterocycles. The van der Waals surface area contributed by atoms with Crippen LogP contribution in [-0.2, 0) is 20.9 Å². The van der Waals surface area contributed by atoms with Crippen LogP contribution in [0.5, 0.6) is 0 Å². The second-order valence-corrected chi connectivity index (χ2v) is 3.90. The zero-order valence-corrected chi connectivity index (χ0v) is 10.9. The van der Waals surface area contributed by atoms with Crippen LogP contribution in [0.3, 0.4) is 0 Å². The Kier molecular flexibility index (Phi) is 6.24. The van der Waals surface area contributed by atoms with Gasteiger partial charge in [0.25, 0.3) is 0 Å². The Labute approximate surface area is 115 Å². The molecule has 0 aliphatic carbocycles. The van der Waals surface area contributed by atoms with E-state index < -0.39 is 24.3 Å². The number of ether oxygens (including phenoxy) is 2. The fourth-order valence-corrected chi connectivity index (χ4v) is 1.38. The highest BCUT2D eigenvalue weighted by Crippen LogP contribution is 2.26. The molecule has 0 amide bonds. The third-order valence-electron chi connectivity index (χ3n) is 2.31. The van der Waals surface area contributed by atoms with Gasteiger partial charge in [-0.15, -0.1) is 0 Å². The molecule has 1 rings (SSSR count). The van der Waals surface area contributed by atoms with E-state index in [0.717, 1.165) is 5.56 Å². The molecule has 0 bridgehead atoms. The Balaban J connectivity index is 2.60. The molecule has 0 N–H and O–H groups in total. The number of carbonyl (C=O) groups is 1. The van der Waals surface area contributed by atoms with E-state index in [1.54, 1.807) is 30.3 Å². The second kappa shape index (κ2) is 7.69. The van der Waals surface area contributed by atoms with Gasteiger partial charge in [0.05, 0.1) is 25.4 Å². The van der Waals surface area contributed by atoms with Crippen LogP contribution in [0, 0.1) is 0 Å². The van der Waals surface area contributed by atoms with E-state index in [-0.39, 0.29) is 13.2 Å². The smallest absolute Gasteiger partial charge is 0.415 e. The highest BCUT2D eigenvalue weighted by Gasteiger charge is 2.34. The lowest BCUT2D eigenvalue weighted by Crippen LogP contribution is -2.19. The Morgan fingerprint density at radius 1 is 1.25 bits per heavy atom. The predicted molar refractivity (Wildman–Crippen MR) is 66.9 cm³/mol. The van der Waals surface area contributed by atoms with Gasteiger partial charge in [-0.2, -0.15) is 13.2 Å². The lowest BCUT2D eigenvalue weighted by Gasteiger charge is -2.12. The maximum Gasteiger partial charge on any atom is 0.415 e. The van der Waals surface area contributed by atoms with Crippen LogP contribution in [0.4, 0.5) is 13.2 Å². The quantitative estimate of drug-likeness (QED) is 0.595. The van der Waals surface area contributed by atoms with E-state index in [4.69, 9.17) is 4.74 Å². The van der Waals surface area contributed by atoms with Crippen molar-refractivity contribution in [3.8, 4) is 0 Å². The average molecular weight is 288 g/mol. The van der Waals surface area contributed by atoms with Crippen molar-refractivity contribution in [2.45, 2.75) is 19.7 Å². The third-order valence-corrected chi connectivity index (χ3v) is 2.31. The number of alkyl halides is 3. The van der Waals surface area contributed by atoms with Crippen LogP contribution in [0.1, 0.15) is 12.5 Å². The molecule has 1 aromatic carbocycles. The van der Waals surface area contributed by atoms with E-state index >= 15 is 0 Å². The van der Waals surface area contributed by atoms with Gasteiger partial charge in [0.15, 0.2) is 0 Å². The van der Waals surface area contributed by atoms with Crippen LogP contribution in [0.25, 0.3) is 0 Å². The summed E-state index contributed by atoms with van der Waals surface area (Å²) in [7, 11) is 0. The first-order valence-corrected chi connectivity index (χ1v) is 5.99. The topological polar surface area (TPSA) is 35.5 Å². The minimum atomic E-state index is -4.62. The Bertz CT molecular complexity index is 452. The van der Waals surface area contributed by atoms with Crippen molar-refractivity contribution in [3.05, 3.63) is 47.5 Å². The van der Waals surface area contributed by atoms with Gasteiger partial charge < -0.3 is 9.47 Å². The molecule has 0 aliphatic heterocycles. The number of halogens is 3. The molecule has 0 fully saturated rings. The molecule has 20 heavy (non-hydrogen) atoms. The zero-order valence-electron chi connectivity index (χ0n) is 10.9. The van der Waals surface area contributed by atoms with E-state index in [2.05, 4.69) is 4.74 Å². The van der Waals surface area contributed by atoms with Crippen LogP contribution in [-0.4, -0.2) is 25.4 Å². The highest BCUT2D eigenvalue weighted by atomic mass is 19.4. The Hall–Kier alpha value is -1.82. The van der Waals surface area contributed by atoms with Gasteiger partial charge in [-0.05, 0) is 12.5 Å². The van der Waals surface area contributed by atoms with Gasteiger partial charge in [-0.25, -0.2) is 4.79 Å². The molecule has 6 heteroatoms. The number of hydrogen-bond acceptors (Lipinski definition) is 3. The molecule has 0 saturated carbocycles. The maximum atomic E-state index is 12.7. The molecule has 0 spiro atoms. The standard InChI is InChI=1S/C14H15F3O3/c1-2-20-13(18)8-12(14(15,16)17)10-19-9-11-6-4-3-5-7-11/h3-8H,2,9-10H2,1H3/b12-8+. The first kappa shape index (κ1) is 16.2. The summed E-state index contributed by atoms with van der Waals surface area (Å²) in [4.78, 5) is 11.1. The van der Waals surface area contributed by atoms with Crippen molar-refractivity contribution in [2.75, 3.05) is 13.2 Å². The molecular formula is C14H15F3O3. The molecule has 0 atom stereocenters. The largest absolute Gasteiger partial charge is 0.463 e. The van der Waals surface area contributed by atoms with Gasteiger partial charge in [-0.3, -0.25) is 0 Å². The minimum absolute atomic E-state index is 0.0192. The molecule has 0 unspecified atom stereocenters. The number of hydrogen-bond donors (Lipinski definition) is 0. The summed E-state index contributed by atoms with van der Waals surface area (Å²) in [6.07, 6.45) is -4.20. The summed E-state index contributed by atoms with van der Waals surface area (Å²) in [5, 5.41) is 0. The third kappa shape index (κ3) is 5.88. The van der Waals surface area contributed by atoms with Gasteiger partial charge in [0.1, 0.15) is 0 Å². The summed E-state index contributed by atoms with van der Waals surface area (Å²) < 4.78 is 47.5. The summed E-state index contributed by atoms with van der Waals surface area (Å²) in [6, 6.07) is 8.80. The van der Waals surface area contributed by atoms with E-state index in [1.807, 2.05) is 0 Å². The van der Waals surface area contributed by atoms with Crippen LogP contribution >= 0.6 is 0 Å². The van der Waals surface area contributed by atoms with Crippen molar-refractivity contribution in [1.29, 1.82) is 0 Å². The van der Waals surface area contributed by atoms with Gasteiger partial charge >= 0.3 is 12.1 Å². The van der Waals surface area contributed by atoms with Crippen LogP contribution < -0.4 is 0 Å². The van der Waals surface area contributed by atoms with Gasteiger partial charge in [0.2, 0.25) is 0 Å². The molecular weight excluding hydrogens is 273 g/mol. The minimum Gasteiger partial charge on any atom is -0.463 e. The fraction of sp³-hybridized carbons (Fsp3) is 0.357. The number of carbonyl (C=O) groups excluding carboxylic acids is 1. The first-order chi connectivity index (χ1) is 9.43. The summed E-state index contributed by atoms with van der Waals surface area (Å²) >= 11 is 0. The first-order valence-electron chi connectivity index (χ1n) is 5.99. The Morgan fingerprint density at radius 2 is 1.90 bits per heavy atom. The zero-order chi connectivity index (χ0) is 15.0. The molecule has 110 valence electrons. The summed E-state index contributed by atoms with van der Waals surface area (Å²) in [5.74, 6) is -1.02. The fourth-order valence-electron chi connectivity index (χ4n) is 1.38. The summed E-state index contributed by atoms with van der Waals surface area (Å²) in [5.41, 5.74) is -0.308. The van der Waals surface area contributed by atoms with Crippen LogP contribution in [0.2, 0.25) is 0 Å². The number of rotatable bonds is 6. The van der Waals surface area contributed by atoms with Crippen molar-refractivity contribution in [2.24, 2.45) is 0 Å². The second-order valence-electron chi connectivity index (χ2n) is 3.90. The lowest BCUT2D eigenvalue weighted by atomic mass is 10.2. The highest BCUT2D eigenvalue weighted by molar-refractivity contribution is 5.83. The Morgan fingerprint density at radius 3 is 2.45 bits per heavy atom. The van der Waals surface area contributed by atoms with Gasteiger partial charge in [0, 0.05) is 6.08 Å². The molecule has 3 nitrogen and oxygen atoms in total. The maximum absolute atomic E-state index is 12.7. The van der Waals surface area contributed by atoms with Gasteiger partial charge in [-0.1, -0.05) is 30.3 Å². The molecule has 1 aromatic rings. The summed E-state index contributed by atoms with van der Waals surface area (Å²) in [6.45, 7) is 0.880. The normalized spacial score (nSPS) is 12.3. The van der Waals surface area contributed by atoms with E-state index in [0.29, 0.717) is 6.08 Å². The van der Waals surface area contributed by atoms with Crippen molar-refractivity contribution >= 4 is 5.97 Å². The number of benzene rings is 1. The SMILES string of the molecule is CCOC(=O)/C=C(\COCc1ccccc1)C(F)(F)F. The van der Waals surface area contributed by atoms with Crippen molar-refractivity contribution in [1.82, 2.24) is 0 Å². The van der Waals surface area contributed by atoms with Crippen LogP contribution in [0.15, 0.2) is 42.0 Å².